The number of rotatable bonds is 2. The Kier molecular flexibility index (Phi) is 4.62. The van der Waals surface area contributed by atoms with Gasteiger partial charge in [-0.05, 0) is 37.0 Å². The molecule has 0 bridgehead atoms. The van der Waals surface area contributed by atoms with Crippen LogP contribution in [-0.2, 0) is 4.79 Å². The van der Waals surface area contributed by atoms with Gasteiger partial charge in [0.1, 0.15) is 11.2 Å². The molecule has 1 amide bonds. The minimum absolute atomic E-state index is 0.0938. The SMILES string of the molecule is O=C(C(Cl)c1ccc(F)cc1Br)N1CCCCC1. The third-order valence-electron chi connectivity index (χ3n) is 3.12. The van der Waals surface area contributed by atoms with Gasteiger partial charge in [-0.1, -0.05) is 22.0 Å². The first-order chi connectivity index (χ1) is 8.59. The molecule has 1 aliphatic heterocycles. The summed E-state index contributed by atoms with van der Waals surface area (Å²) in [4.78, 5) is 14.0. The van der Waals surface area contributed by atoms with Crippen LogP contribution in [0.5, 0.6) is 0 Å². The summed E-state index contributed by atoms with van der Waals surface area (Å²) >= 11 is 9.45. The zero-order chi connectivity index (χ0) is 13.1. The van der Waals surface area contributed by atoms with Gasteiger partial charge in [-0.3, -0.25) is 4.79 Å². The Labute approximate surface area is 119 Å². The maximum absolute atomic E-state index is 13.0. The molecule has 0 N–H and O–H groups in total. The van der Waals surface area contributed by atoms with Crippen LogP contribution in [-0.4, -0.2) is 23.9 Å². The van der Waals surface area contributed by atoms with Gasteiger partial charge in [0.15, 0.2) is 0 Å². The predicted molar refractivity (Wildman–Crippen MR) is 73.1 cm³/mol. The maximum atomic E-state index is 13.0. The van der Waals surface area contributed by atoms with Gasteiger partial charge in [-0.25, -0.2) is 4.39 Å². The molecule has 0 aliphatic carbocycles. The number of likely N-dealkylation sites (tertiary alicyclic amines) is 1. The highest BCUT2D eigenvalue weighted by Crippen LogP contribution is 2.31. The highest BCUT2D eigenvalue weighted by molar-refractivity contribution is 9.10. The molecule has 1 atom stereocenters. The van der Waals surface area contributed by atoms with Crippen LogP contribution in [0.2, 0.25) is 0 Å². The summed E-state index contributed by atoms with van der Waals surface area (Å²) in [5, 5.41) is -0.752. The van der Waals surface area contributed by atoms with Gasteiger partial charge in [-0.2, -0.15) is 0 Å². The zero-order valence-corrected chi connectivity index (χ0v) is 12.2. The third-order valence-corrected chi connectivity index (χ3v) is 4.23. The van der Waals surface area contributed by atoms with Gasteiger partial charge in [0.2, 0.25) is 5.91 Å². The first kappa shape index (κ1) is 13.8. The first-order valence-corrected chi connectivity index (χ1v) is 7.20. The molecule has 1 aromatic rings. The van der Waals surface area contributed by atoms with E-state index in [4.69, 9.17) is 11.6 Å². The van der Waals surface area contributed by atoms with Crippen molar-refractivity contribution in [1.29, 1.82) is 0 Å². The standard InChI is InChI=1S/C13H14BrClFNO/c14-11-8-9(16)4-5-10(11)12(15)13(18)17-6-2-1-3-7-17/h4-5,8,12H,1-3,6-7H2. The second-order valence-corrected chi connectivity index (χ2v) is 5.71. The van der Waals surface area contributed by atoms with E-state index in [1.165, 1.54) is 12.1 Å². The van der Waals surface area contributed by atoms with Crippen molar-refractivity contribution in [2.45, 2.75) is 24.6 Å². The molecule has 1 unspecified atom stereocenters. The van der Waals surface area contributed by atoms with Crippen molar-refractivity contribution in [3.05, 3.63) is 34.1 Å². The summed E-state index contributed by atoms with van der Waals surface area (Å²) in [5.74, 6) is -0.441. The van der Waals surface area contributed by atoms with Crippen molar-refractivity contribution in [3.8, 4) is 0 Å². The highest BCUT2D eigenvalue weighted by Gasteiger charge is 2.26. The molecular weight excluding hydrogens is 321 g/mol. The summed E-state index contributed by atoms with van der Waals surface area (Å²) in [6, 6.07) is 4.20. The van der Waals surface area contributed by atoms with Crippen LogP contribution in [0.4, 0.5) is 4.39 Å². The van der Waals surface area contributed by atoms with Crippen LogP contribution < -0.4 is 0 Å². The number of alkyl halides is 1. The van der Waals surface area contributed by atoms with E-state index in [0.717, 1.165) is 32.4 Å². The van der Waals surface area contributed by atoms with Crippen LogP contribution in [0.25, 0.3) is 0 Å². The average molecular weight is 335 g/mol. The predicted octanol–water partition coefficient (Wildman–Crippen LogP) is 3.88. The zero-order valence-electron chi connectivity index (χ0n) is 9.83. The number of nitrogens with zero attached hydrogens (tertiary/aromatic N) is 1. The fourth-order valence-electron chi connectivity index (χ4n) is 2.11. The molecule has 5 heteroatoms. The highest BCUT2D eigenvalue weighted by atomic mass is 79.9. The van der Waals surface area contributed by atoms with Crippen molar-refractivity contribution in [3.63, 3.8) is 0 Å². The lowest BCUT2D eigenvalue weighted by Gasteiger charge is -2.28. The molecule has 18 heavy (non-hydrogen) atoms. The van der Waals surface area contributed by atoms with Gasteiger partial charge in [0, 0.05) is 17.6 Å². The summed E-state index contributed by atoms with van der Waals surface area (Å²) < 4.78 is 13.5. The second-order valence-electron chi connectivity index (χ2n) is 4.41. The van der Waals surface area contributed by atoms with E-state index in [1.54, 1.807) is 11.0 Å². The van der Waals surface area contributed by atoms with Crippen LogP contribution >= 0.6 is 27.5 Å². The number of hydrogen-bond donors (Lipinski definition) is 0. The lowest BCUT2D eigenvalue weighted by atomic mass is 10.1. The molecule has 0 saturated carbocycles. The van der Waals surface area contributed by atoms with Gasteiger partial charge in [-0.15, -0.1) is 11.6 Å². The molecule has 1 heterocycles. The lowest BCUT2D eigenvalue weighted by molar-refractivity contribution is -0.131. The first-order valence-electron chi connectivity index (χ1n) is 5.97. The van der Waals surface area contributed by atoms with Crippen molar-refractivity contribution < 1.29 is 9.18 Å². The molecule has 1 aliphatic rings. The van der Waals surface area contributed by atoms with Gasteiger partial charge >= 0.3 is 0 Å². The Morgan fingerprint density at radius 3 is 2.61 bits per heavy atom. The summed E-state index contributed by atoms with van der Waals surface area (Å²) in [6.45, 7) is 1.53. The van der Waals surface area contributed by atoms with Crippen molar-refractivity contribution in [1.82, 2.24) is 4.90 Å². The molecule has 1 fully saturated rings. The number of carbonyl (C=O) groups excluding carboxylic acids is 1. The molecule has 98 valence electrons. The molecule has 1 saturated heterocycles. The van der Waals surface area contributed by atoms with Gasteiger partial charge in [0.05, 0.1) is 0 Å². The quantitative estimate of drug-likeness (QED) is 0.752. The number of piperidine rings is 1. The van der Waals surface area contributed by atoms with E-state index >= 15 is 0 Å². The average Bonchev–Trinajstić information content (AvgIpc) is 2.38. The Morgan fingerprint density at radius 1 is 1.33 bits per heavy atom. The molecule has 2 rings (SSSR count). The topological polar surface area (TPSA) is 20.3 Å². The van der Waals surface area contributed by atoms with Crippen LogP contribution in [0, 0.1) is 5.82 Å². The van der Waals surface area contributed by atoms with Crippen LogP contribution in [0.3, 0.4) is 0 Å². The van der Waals surface area contributed by atoms with Crippen molar-refractivity contribution in [2.24, 2.45) is 0 Å². The van der Waals surface area contributed by atoms with Gasteiger partial charge in [0.25, 0.3) is 0 Å². The number of amides is 1. The van der Waals surface area contributed by atoms with E-state index in [2.05, 4.69) is 15.9 Å². The molecular formula is C13H14BrClFNO. The Bertz CT molecular complexity index is 449. The summed E-state index contributed by atoms with van der Waals surface area (Å²) in [7, 11) is 0. The Balaban J connectivity index is 2.14. The second kappa shape index (κ2) is 6.02. The minimum atomic E-state index is -0.752. The molecule has 0 aromatic heterocycles. The maximum Gasteiger partial charge on any atom is 0.245 e. The minimum Gasteiger partial charge on any atom is -0.341 e. The van der Waals surface area contributed by atoms with Crippen LogP contribution in [0.15, 0.2) is 22.7 Å². The monoisotopic (exact) mass is 333 g/mol. The molecule has 0 spiro atoms. The van der Waals surface area contributed by atoms with Gasteiger partial charge < -0.3 is 4.90 Å². The number of benzene rings is 1. The van der Waals surface area contributed by atoms with Crippen LogP contribution in [0.1, 0.15) is 30.2 Å². The largest absolute Gasteiger partial charge is 0.341 e. The normalized spacial score (nSPS) is 17.6. The van der Waals surface area contributed by atoms with E-state index in [-0.39, 0.29) is 11.7 Å². The Morgan fingerprint density at radius 2 is 2.00 bits per heavy atom. The summed E-state index contributed by atoms with van der Waals surface area (Å²) in [5.41, 5.74) is 0.619. The third kappa shape index (κ3) is 3.04. The number of halogens is 3. The van der Waals surface area contributed by atoms with E-state index < -0.39 is 5.38 Å². The smallest absolute Gasteiger partial charge is 0.245 e. The van der Waals surface area contributed by atoms with Crippen molar-refractivity contribution in [2.75, 3.05) is 13.1 Å². The lowest BCUT2D eigenvalue weighted by Crippen LogP contribution is -2.37. The van der Waals surface area contributed by atoms with E-state index in [9.17, 15) is 9.18 Å². The Hall–Kier alpha value is -0.610. The fraction of sp³-hybridized carbons (Fsp3) is 0.462. The number of carbonyl (C=O) groups is 1. The van der Waals surface area contributed by atoms with E-state index in [0.29, 0.717) is 10.0 Å². The van der Waals surface area contributed by atoms with E-state index in [1.807, 2.05) is 0 Å². The summed E-state index contributed by atoms with van der Waals surface area (Å²) in [6.07, 6.45) is 3.22. The molecule has 0 radical (unpaired) electrons. The fourth-order valence-corrected chi connectivity index (χ4v) is 3.15. The van der Waals surface area contributed by atoms with Crippen molar-refractivity contribution >= 4 is 33.4 Å². The molecule has 2 nitrogen and oxygen atoms in total. The number of hydrogen-bond acceptors (Lipinski definition) is 1. The molecule has 1 aromatic carbocycles.